The molecule has 6 heteroatoms. The van der Waals surface area contributed by atoms with Crippen molar-refractivity contribution in [1.82, 2.24) is 10.3 Å². The molecule has 1 aliphatic rings. The van der Waals surface area contributed by atoms with Crippen LogP contribution in [0.25, 0.3) is 10.2 Å². The van der Waals surface area contributed by atoms with Gasteiger partial charge in [0.05, 0.1) is 34.3 Å². The van der Waals surface area contributed by atoms with E-state index in [2.05, 4.69) is 20.0 Å². The highest BCUT2D eigenvalue weighted by Gasteiger charge is 2.14. The fraction of sp³-hybridized carbons (Fsp3) is 0.250. The molecule has 1 N–H and O–H groups in total. The monoisotopic (exact) mass is 261 g/mol. The first-order chi connectivity index (χ1) is 8.78. The highest BCUT2D eigenvalue weighted by molar-refractivity contribution is 7.20. The summed E-state index contributed by atoms with van der Waals surface area (Å²) in [5.41, 5.74) is 1.35. The Hall–Kier alpha value is -1.95. The Balaban J connectivity index is 2.04. The number of aromatic nitrogens is 1. The lowest BCUT2D eigenvalue weighted by Crippen LogP contribution is -2.18. The Morgan fingerprint density at radius 3 is 3.11 bits per heavy atom. The molecular formula is C12H11N3O2S. The van der Waals surface area contributed by atoms with Crippen LogP contribution in [-0.2, 0) is 4.74 Å². The average Bonchev–Trinajstić information content (AvgIpc) is 3.04. The molecule has 0 atom stereocenters. The number of ether oxygens (including phenoxy) is 1. The minimum absolute atomic E-state index is 0.365. The number of esters is 1. The van der Waals surface area contributed by atoms with Crippen LogP contribution >= 0.6 is 11.3 Å². The van der Waals surface area contributed by atoms with Gasteiger partial charge in [0.15, 0.2) is 0 Å². The second-order valence-electron chi connectivity index (χ2n) is 3.87. The van der Waals surface area contributed by atoms with Crippen molar-refractivity contribution in [2.75, 3.05) is 20.2 Å². The summed E-state index contributed by atoms with van der Waals surface area (Å²) in [4.78, 5) is 21.1. The lowest BCUT2D eigenvalue weighted by atomic mass is 10.2. The molecule has 0 fully saturated rings. The molecule has 0 unspecified atom stereocenters. The molecule has 0 aliphatic carbocycles. The molecule has 5 nitrogen and oxygen atoms in total. The van der Waals surface area contributed by atoms with Crippen molar-refractivity contribution in [3.8, 4) is 0 Å². The maximum Gasteiger partial charge on any atom is 0.339 e. The van der Waals surface area contributed by atoms with Gasteiger partial charge in [-0.1, -0.05) is 0 Å². The molecule has 92 valence electrons. The van der Waals surface area contributed by atoms with Crippen LogP contribution in [0.2, 0.25) is 0 Å². The zero-order valence-electron chi connectivity index (χ0n) is 9.77. The van der Waals surface area contributed by atoms with Gasteiger partial charge in [0.1, 0.15) is 5.84 Å². The Labute approximate surface area is 108 Å². The van der Waals surface area contributed by atoms with Gasteiger partial charge in [-0.05, 0) is 12.1 Å². The lowest BCUT2D eigenvalue weighted by Gasteiger charge is -1.97. The third-order valence-corrected chi connectivity index (χ3v) is 3.78. The normalized spacial score (nSPS) is 14.4. The Morgan fingerprint density at radius 1 is 1.50 bits per heavy atom. The van der Waals surface area contributed by atoms with Crippen LogP contribution < -0.4 is 5.32 Å². The molecule has 3 heterocycles. The molecule has 0 saturated heterocycles. The van der Waals surface area contributed by atoms with Gasteiger partial charge < -0.3 is 10.1 Å². The number of carbonyl (C=O) groups excluding carboxylic acids is 1. The highest BCUT2D eigenvalue weighted by Crippen LogP contribution is 2.25. The predicted molar refractivity (Wildman–Crippen MR) is 70.4 cm³/mol. The number of hydrogen-bond donors (Lipinski definition) is 1. The molecule has 3 rings (SSSR count). The lowest BCUT2D eigenvalue weighted by molar-refractivity contribution is 0.0600. The molecular weight excluding hydrogens is 250 g/mol. The maximum atomic E-state index is 11.4. The molecule has 0 saturated carbocycles. The molecule has 0 radical (unpaired) electrons. The van der Waals surface area contributed by atoms with Crippen molar-refractivity contribution < 1.29 is 9.53 Å². The van der Waals surface area contributed by atoms with Crippen molar-refractivity contribution in [2.24, 2.45) is 4.99 Å². The number of carbonyl (C=O) groups is 1. The predicted octanol–water partition coefficient (Wildman–Crippen LogP) is 1.43. The molecule has 0 bridgehead atoms. The SMILES string of the molecule is COC(=O)c1cnc2cc(C3=NCCN3)sc2c1. The molecule has 0 spiro atoms. The van der Waals surface area contributed by atoms with Crippen LogP contribution in [0.5, 0.6) is 0 Å². The summed E-state index contributed by atoms with van der Waals surface area (Å²) in [6.45, 7) is 1.69. The van der Waals surface area contributed by atoms with E-state index in [-0.39, 0.29) is 5.97 Å². The largest absolute Gasteiger partial charge is 0.465 e. The number of fused-ring (bicyclic) bond motifs is 1. The molecule has 2 aromatic heterocycles. The molecule has 1 aliphatic heterocycles. The second kappa shape index (κ2) is 4.38. The fourth-order valence-corrected chi connectivity index (χ4v) is 2.87. The number of pyridine rings is 1. The zero-order chi connectivity index (χ0) is 12.5. The van der Waals surface area contributed by atoms with Gasteiger partial charge in [-0.25, -0.2) is 4.79 Å². The van der Waals surface area contributed by atoms with Gasteiger partial charge in [-0.3, -0.25) is 9.98 Å². The number of hydrogen-bond acceptors (Lipinski definition) is 6. The Kier molecular flexibility index (Phi) is 2.71. The Bertz CT molecular complexity index is 648. The number of amidine groups is 1. The zero-order valence-corrected chi connectivity index (χ0v) is 10.6. The van der Waals surface area contributed by atoms with Crippen LogP contribution in [0.1, 0.15) is 15.2 Å². The summed E-state index contributed by atoms with van der Waals surface area (Å²) < 4.78 is 5.64. The smallest absolute Gasteiger partial charge is 0.339 e. The number of rotatable bonds is 2. The summed E-state index contributed by atoms with van der Waals surface area (Å²) in [5.74, 6) is 0.549. The van der Waals surface area contributed by atoms with E-state index in [1.54, 1.807) is 17.4 Å². The number of thiophene rings is 1. The minimum atomic E-state index is -0.365. The van der Waals surface area contributed by atoms with Crippen LogP contribution in [0.3, 0.4) is 0 Å². The highest BCUT2D eigenvalue weighted by atomic mass is 32.1. The van der Waals surface area contributed by atoms with Crippen molar-refractivity contribution in [3.63, 3.8) is 0 Å². The molecule has 0 amide bonds. The number of nitrogens with one attached hydrogen (secondary N) is 1. The van der Waals surface area contributed by atoms with Crippen molar-refractivity contribution in [1.29, 1.82) is 0 Å². The first-order valence-electron chi connectivity index (χ1n) is 5.54. The second-order valence-corrected chi connectivity index (χ2v) is 4.95. The molecule has 0 aromatic carbocycles. The number of methoxy groups -OCH3 is 1. The first kappa shape index (κ1) is 11.2. The quantitative estimate of drug-likeness (QED) is 0.831. The van der Waals surface area contributed by atoms with Crippen molar-refractivity contribution in [3.05, 3.63) is 28.8 Å². The van der Waals surface area contributed by atoms with E-state index >= 15 is 0 Å². The van der Waals surface area contributed by atoms with E-state index in [0.717, 1.165) is 34.0 Å². The van der Waals surface area contributed by atoms with Gasteiger partial charge in [0.25, 0.3) is 0 Å². The van der Waals surface area contributed by atoms with E-state index in [0.29, 0.717) is 5.56 Å². The fourth-order valence-electron chi connectivity index (χ4n) is 1.83. The van der Waals surface area contributed by atoms with Crippen LogP contribution in [0.4, 0.5) is 0 Å². The van der Waals surface area contributed by atoms with Gasteiger partial charge in [0.2, 0.25) is 0 Å². The van der Waals surface area contributed by atoms with Gasteiger partial charge in [-0.2, -0.15) is 0 Å². The van der Waals surface area contributed by atoms with Crippen molar-refractivity contribution in [2.45, 2.75) is 0 Å². The standard InChI is InChI=1S/C12H11N3O2S/c1-17-12(16)7-4-9-8(15-6-7)5-10(18-9)11-13-2-3-14-11/h4-6H,2-3H2,1H3,(H,13,14). The molecule has 18 heavy (non-hydrogen) atoms. The number of aliphatic imine (C=N–C) groups is 1. The van der Waals surface area contributed by atoms with E-state index in [1.807, 2.05) is 6.07 Å². The summed E-state index contributed by atoms with van der Waals surface area (Å²) >= 11 is 1.57. The summed E-state index contributed by atoms with van der Waals surface area (Å²) in [6, 6.07) is 3.79. The van der Waals surface area contributed by atoms with E-state index in [1.165, 1.54) is 13.3 Å². The third-order valence-electron chi connectivity index (χ3n) is 2.70. The van der Waals surface area contributed by atoms with E-state index in [9.17, 15) is 4.79 Å². The third kappa shape index (κ3) is 1.84. The summed E-state index contributed by atoms with van der Waals surface area (Å²) in [5, 5.41) is 3.22. The van der Waals surface area contributed by atoms with Crippen LogP contribution in [0, 0.1) is 0 Å². The minimum Gasteiger partial charge on any atom is -0.465 e. The van der Waals surface area contributed by atoms with E-state index in [4.69, 9.17) is 0 Å². The summed E-state index contributed by atoms with van der Waals surface area (Å²) in [7, 11) is 1.36. The first-order valence-corrected chi connectivity index (χ1v) is 6.36. The van der Waals surface area contributed by atoms with Crippen LogP contribution in [0.15, 0.2) is 23.3 Å². The van der Waals surface area contributed by atoms with E-state index < -0.39 is 0 Å². The summed E-state index contributed by atoms with van der Waals surface area (Å²) in [6.07, 6.45) is 1.54. The topological polar surface area (TPSA) is 63.6 Å². The Morgan fingerprint density at radius 2 is 2.39 bits per heavy atom. The number of nitrogens with zero attached hydrogens (tertiary/aromatic N) is 2. The van der Waals surface area contributed by atoms with Crippen molar-refractivity contribution >= 4 is 33.4 Å². The van der Waals surface area contributed by atoms with Gasteiger partial charge in [-0.15, -0.1) is 11.3 Å². The van der Waals surface area contributed by atoms with Gasteiger partial charge >= 0.3 is 5.97 Å². The molecule has 2 aromatic rings. The maximum absolute atomic E-state index is 11.4. The van der Waals surface area contributed by atoms with Crippen LogP contribution in [-0.4, -0.2) is 37.0 Å². The average molecular weight is 261 g/mol. The van der Waals surface area contributed by atoms with Gasteiger partial charge in [0, 0.05) is 12.7 Å².